The summed E-state index contributed by atoms with van der Waals surface area (Å²) in [4.78, 5) is 40.1. The molecule has 3 atom stereocenters. The van der Waals surface area contributed by atoms with Gasteiger partial charge in [0.15, 0.2) is 11.5 Å². The minimum atomic E-state index is -4.96. The molecule has 1 aromatic heterocycles. The Hall–Kier alpha value is -2.66. The predicted molar refractivity (Wildman–Crippen MR) is 146 cm³/mol. The average molecular weight is 632 g/mol. The fourth-order valence-electron chi connectivity index (χ4n) is 7.04. The van der Waals surface area contributed by atoms with E-state index in [9.17, 15) is 37.1 Å². The molecule has 2 aromatic rings. The number of rotatable bonds is 7. The number of carbonyl (C=O) groups excluding carboxylic acids is 2. The summed E-state index contributed by atoms with van der Waals surface area (Å²) in [5.41, 5.74) is -3.28. The number of hydrogen-bond acceptors (Lipinski definition) is 4. The monoisotopic (exact) mass is 631 g/mol. The molecule has 0 spiro atoms. The van der Waals surface area contributed by atoms with Crippen molar-refractivity contribution >= 4 is 40.9 Å². The fourth-order valence-corrected chi connectivity index (χ4v) is 7.63. The first-order chi connectivity index (χ1) is 19.5. The Morgan fingerprint density at radius 1 is 1.10 bits per heavy atom. The second kappa shape index (κ2) is 10.5. The van der Waals surface area contributed by atoms with Crippen LogP contribution in [0.25, 0.3) is 0 Å². The van der Waals surface area contributed by atoms with Gasteiger partial charge in [0.05, 0.1) is 45.4 Å². The van der Waals surface area contributed by atoms with E-state index in [0.29, 0.717) is 12.8 Å². The van der Waals surface area contributed by atoms with Gasteiger partial charge in [0.1, 0.15) is 5.82 Å². The molecule has 1 heterocycles. The molecule has 5 rings (SSSR count). The van der Waals surface area contributed by atoms with Crippen molar-refractivity contribution in [3.8, 4) is 0 Å². The number of ketones is 1. The number of benzene rings is 1. The minimum absolute atomic E-state index is 0.0395. The second-order valence-electron chi connectivity index (χ2n) is 12.7. The summed E-state index contributed by atoms with van der Waals surface area (Å²) in [6.45, 7) is 5.10. The largest absolute Gasteiger partial charge is 0.481 e. The topological polar surface area (TPSA) is 92.5 Å². The van der Waals surface area contributed by atoms with Crippen molar-refractivity contribution in [1.82, 2.24) is 14.7 Å². The number of hydrogen-bond donors (Lipinski definition) is 1. The Labute approximate surface area is 250 Å². The van der Waals surface area contributed by atoms with Gasteiger partial charge in [-0.2, -0.15) is 18.3 Å². The Bertz CT molecular complexity index is 1430. The zero-order valence-electron chi connectivity index (χ0n) is 23.3. The van der Waals surface area contributed by atoms with Crippen LogP contribution in [0.1, 0.15) is 91.7 Å². The molecule has 1 N–H and O–H groups in total. The minimum Gasteiger partial charge on any atom is -0.481 e. The number of amides is 1. The first kappa shape index (κ1) is 30.8. The average Bonchev–Trinajstić information content (AvgIpc) is 3.33. The molecule has 0 bridgehead atoms. The fraction of sp³-hybridized carbons (Fsp3) is 0.586. The van der Waals surface area contributed by atoms with E-state index in [1.165, 1.54) is 0 Å². The first-order valence-electron chi connectivity index (χ1n) is 13.8. The van der Waals surface area contributed by atoms with Crippen molar-refractivity contribution in [3.05, 3.63) is 51.0 Å². The second-order valence-corrected chi connectivity index (χ2v) is 13.5. The van der Waals surface area contributed by atoms with E-state index in [-0.39, 0.29) is 53.5 Å². The van der Waals surface area contributed by atoms with Crippen LogP contribution >= 0.6 is 23.2 Å². The molecule has 13 heteroatoms. The summed E-state index contributed by atoms with van der Waals surface area (Å²) in [5, 5.41) is 12.8. The van der Waals surface area contributed by atoms with Gasteiger partial charge < -0.3 is 10.0 Å². The maximum absolute atomic E-state index is 14.6. The first-order valence-corrected chi connectivity index (χ1v) is 14.6. The third-order valence-electron chi connectivity index (χ3n) is 9.89. The third kappa shape index (κ3) is 5.20. The highest BCUT2D eigenvalue weighted by Gasteiger charge is 2.63. The van der Waals surface area contributed by atoms with Crippen molar-refractivity contribution in [2.45, 2.75) is 77.6 Å². The van der Waals surface area contributed by atoms with Crippen molar-refractivity contribution in [2.75, 3.05) is 6.54 Å². The van der Waals surface area contributed by atoms with Crippen LogP contribution in [0.3, 0.4) is 0 Å². The van der Waals surface area contributed by atoms with E-state index < -0.39 is 70.0 Å². The van der Waals surface area contributed by atoms with Gasteiger partial charge >= 0.3 is 12.1 Å². The normalized spacial score (nSPS) is 28.3. The van der Waals surface area contributed by atoms with Crippen LogP contribution in [0.4, 0.5) is 17.6 Å². The smallest absolute Gasteiger partial charge is 0.433 e. The summed E-state index contributed by atoms with van der Waals surface area (Å²) >= 11 is 12.2. The molecule has 0 unspecified atom stereocenters. The molecule has 42 heavy (non-hydrogen) atoms. The molecule has 1 aromatic carbocycles. The molecule has 0 radical (unpaired) electrons. The van der Waals surface area contributed by atoms with Crippen LogP contribution in [0.2, 0.25) is 10.0 Å². The Morgan fingerprint density at radius 2 is 1.69 bits per heavy atom. The lowest BCUT2D eigenvalue weighted by Crippen LogP contribution is -2.44. The van der Waals surface area contributed by atoms with E-state index in [4.69, 9.17) is 23.2 Å². The molecule has 0 saturated heterocycles. The van der Waals surface area contributed by atoms with E-state index in [1.807, 2.05) is 0 Å². The SMILES string of the molecule is CC1(C)[C@@H]2C[C@@H](N(CC(=O)c3c(Cl)ccc(F)c3Cl)C(=O)c3cnn([C@H]4CC[C@](C)(C(=O)O)CC4)c3C(F)(F)F)C[C@@H]21. The lowest BCUT2D eigenvalue weighted by Gasteiger charge is -2.35. The number of aliphatic carboxylic acids is 1. The summed E-state index contributed by atoms with van der Waals surface area (Å²) in [6, 6.07) is 0.868. The van der Waals surface area contributed by atoms with E-state index >= 15 is 0 Å². The number of fused-ring (bicyclic) bond motifs is 1. The molecular weight excluding hydrogens is 601 g/mol. The number of aromatic nitrogens is 2. The van der Waals surface area contributed by atoms with Gasteiger partial charge in [-0.25, -0.2) is 4.39 Å². The van der Waals surface area contributed by atoms with Gasteiger partial charge in [0.2, 0.25) is 0 Å². The number of carbonyl (C=O) groups is 3. The highest BCUT2D eigenvalue weighted by Crippen LogP contribution is 2.67. The summed E-state index contributed by atoms with van der Waals surface area (Å²) in [5.74, 6) is -3.20. The van der Waals surface area contributed by atoms with Gasteiger partial charge in [0, 0.05) is 6.04 Å². The van der Waals surface area contributed by atoms with Crippen LogP contribution in [0, 0.1) is 28.5 Å². The van der Waals surface area contributed by atoms with E-state index in [0.717, 1.165) is 27.9 Å². The van der Waals surface area contributed by atoms with Crippen molar-refractivity contribution in [1.29, 1.82) is 0 Å². The highest BCUT2D eigenvalue weighted by atomic mass is 35.5. The van der Waals surface area contributed by atoms with Gasteiger partial charge in [-0.15, -0.1) is 0 Å². The number of carboxylic acid groups (broad SMARTS) is 1. The number of carboxylic acids is 1. The zero-order valence-corrected chi connectivity index (χ0v) is 24.8. The number of Topliss-reactive ketones (excluding diaryl/α,β-unsaturated/α-hetero) is 1. The third-order valence-corrected chi connectivity index (χ3v) is 10.6. The van der Waals surface area contributed by atoms with E-state index in [1.54, 1.807) is 6.92 Å². The Balaban J connectivity index is 1.49. The van der Waals surface area contributed by atoms with Gasteiger partial charge in [-0.3, -0.25) is 19.1 Å². The number of alkyl halides is 3. The summed E-state index contributed by atoms with van der Waals surface area (Å²) in [6.07, 6.45) is -2.48. The molecule has 3 aliphatic rings. The molecule has 3 aliphatic carbocycles. The van der Waals surface area contributed by atoms with Crippen LogP contribution in [-0.2, 0) is 11.0 Å². The number of halogens is 6. The van der Waals surface area contributed by atoms with Crippen LogP contribution in [0.15, 0.2) is 18.3 Å². The van der Waals surface area contributed by atoms with Crippen molar-refractivity contribution in [2.24, 2.45) is 22.7 Å². The van der Waals surface area contributed by atoms with Crippen molar-refractivity contribution < 1.29 is 37.1 Å². The van der Waals surface area contributed by atoms with Crippen LogP contribution < -0.4 is 0 Å². The Kier molecular flexibility index (Phi) is 7.70. The van der Waals surface area contributed by atoms with Crippen molar-refractivity contribution in [3.63, 3.8) is 0 Å². The molecule has 3 fully saturated rings. The predicted octanol–water partition coefficient (Wildman–Crippen LogP) is 7.31. The Morgan fingerprint density at radius 3 is 2.24 bits per heavy atom. The summed E-state index contributed by atoms with van der Waals surface area (Å²) < 4.78 is 58.6. The maximum atomic E-state index is 14.6. The number of nitrogens with zero attached hydrogens (tertiary/aromatic N) is 3. The maximum Gasteiger partial charge on any atom is 0.433 e. The molecular formula is C29H31Cl2F4N3O4. The molecule has 0 aliphatic heterocycles. The highest BCUT2D eigenvalue weighted by molar-refractivity contribution is 6.40. The molecule has 3 saturated carbocycles. The van der Waals surface area contributed by atoms with Gasteiger partial charge in [0.25, 0.3) is 5.91 Å². The molecule has 228 valence electrons. The lowest BCUT2D eigenvalue weighted by molar-refractivity contribution is -0.152. The molecule has 7 nitrogen and oxygen atoms in total. The zero-order chi connectivity index (χ0) is 30.9. The summed E-state index contributed by atoms with van der Waals surface area (Å²) in [7, 11) is 0. The standard InChI is InChI=1S/C29H31Cl2F4N3O4/c1-27(2)17-10-15(11-18(17)27)37(13-21(39)22-19(30)4-5-20(32)23(22)31)25(40)16-12-36-38(24(16)29(33,34)35)14-6-8-28(3,9-7-14)26(41)42/h4-5,12,14-15,17-18H,6-11,13H2,1-3H3,(H,41,42)/t14-,15-,17-,18+,28-. The van der Waals surface area contributed by atoms with Crippen LogP contribution in [-0.4, -0.2) is 50.0 Å². The van der Waals surface area contributed by atoms with E-state index in [2.05, 4.69) is 18.9 Å². The lowest BCUT2D eigenvalue weighted by atomic mass is 9.74. The van der Waals surface area contributed by atoms with Gasteiger partial charge in [-0.1, -0.05) is 37.0 Å². The van der Waals surface area contributed by atoms with Gasteiger partial charge in [-0.05, 0) is 74.8 Å². The van der Waals surface area contributed by atoms with Crippen LogP contribution in [0.5, 0.6) is 0 Å². The molecule has 1 amide bonds. The quantitative estimate of drug-likeness (QED) is 0.196.